The number of hydrogen-bond acceptors (Lipinski definition) is 3. The van der Waals surface area contributed by atoms with Crippen LogP contribution >= 0.6 is 0 Å². The molecule has 0 aliphatic carbocycles. The van der Waals surface area contributed by atoms with Crippen molar-refractivity contribution in [1.29, 1.82) is 0 Å². The summed E-state index contributed by atoms with van der Waals surface area (Å²) in [6, 6.07) is -0.740. The largest absolute Gasteiger partial charge is 0.405 e. The second kappa shape index (κ2) is 6.43. The zero-order chi connectivity index (χ0) is 13.6. The lowest BCUT2D eigenvalue weighted by atomic mass is 10.2. The Hall–Kier alpha value is -1.31. The van der Waals surface area contributed by atoms with Crippen molar-refractivity contribution in [2.24, 2.45) is 5.73 Å². The van der Waals surface area contributed by atoms with Crippen LogP contribution in [0.2, 0.25) is 0 Å². The smallest absolute Gasteiger partial charge is 0.345 e. The molecule has 0 heterocycles. The van der Waals surface area contributed by atoms with Gasteiger partial charge in [-0.3, -0.25) is 9.59 Å². The van der Waals surface area contributed by atoms with Gasteiger partial charge in [0.1, 0.15) is 6.54 Å². The Morgan fingerprint density at radius 1 is 1.41 bits per heavy atom. The second-order valence-corrected chi connectivity index (χ2v) is 3.60. The lowest BCUT2D eigenvalue weighted by molar-refractivity contribution is -0.142. The Labute approximate surface area is 97.1 Å². The van der Waals surface area contributed by atoms with Gasteiger partial charge in [-0.1, -0.05) is 6.92 Å². The molecule has 0 aromatic heterocycles. The molecule has 8 heteroatoms. The molecule has 5 nitrogen and oxygen atoms in total. The van der Waals surface area contributed by atoms with Crippen molar-refractivity contribution in [1.82, 2.24) is 10.2 Å². The van der Waals surface area contributed by atoms with Gasteiger partial charge < -0.3 is 16.0 Å². The fourth-order valence-electron chi connectivity index (χ4n) is 1.01. The highest BCUT2D eigenvalue weighted by Crippen LogP contribution is 2.11. The van der Waals surface area contributed by atoms with Crippen LogP contribution in [0.5, 0.6) is 0 Å². The summed E-state index contributed by atoms with van der Waals surface area (Å²) in [5.74, 6) is -1.35. The maximum Gasteiger partial charge on any atom is 0.405 e. The molecule has 2 amide bonds. The number of hydrogen-bond donors (Lipinski definition) is 2. The summed E-state index contributed by atoms with van der Waals surface area (Å²) < 4.78 is 35.3. The van der Waals surface area contributed by atoms with Crippen molar-refractivity contribution in [3.8, 4) is 0 Å². The summed E-state index contributed by atoms with van der Waals surface area (Å²) in [4.78, 5) is 23.5. The standard InChI is InChI=1S/C9H16F3N3O2/c1-3-6(13)8(17)15(2)4-7(16)14-5-9(10,11)12/h6H,3-5,13H2,1-2H3,(H,14,16)/t6-/m1/s1. The van der Waals surface area contributed by atoms with E-state index in [-0.39, 0.29) is 0 Å². The maximum atomic E-state index is 11.8. The van der Waals surface area contributed by atoms with Crippen LogP contribution in [0.4, 0.5) is 13.2 Å². The summed E-state index contributed by atoms with van der Waals surface area (Å²) in [6.45, 7) is -0.156. The van der Waals surface area contributed by atoms with Gasteiger partial charge in [0.25, 0.3) is 0 Å². The van der Waals surface area contributed by atoms with Gasteiger partial charge >= 0.3 is 6.18 Å². The van der Waals surface area contributed by atoms with Crippen molar-refractivity contribution >= 4 is 11.8 Å². The first kappa shape index (κ1) is 15.7. The number of amides is 2. The number of rotatable bonds is 5. The van der Waals surface area contributed by atoms with Crippen LogP contribution in [-0.2, 0) is 9.59 Å². The first-order valence-corrected chi connectivity index (χ1v) is 5.01. The van der Waals surface area contributed by atoms with Gasteiger partial charge in [0.2, 0.25) is 11.8 Å². The highest BCUT2D eigenvalue weighted by Gasteiger charge is 2.28. The molecule has 17 heavy (non-hydrogen) atoms. The van der Waals surface area contributed by atoms with Crippen LogP contribution in [0.25, 0.3) is 0 Å². The maximum absolute atomic E-state index is 11.8. The summed E-state index contributed by atoms with van der Waals surface area (Å²) in [5, 5.41) is 1.67. The lowest BCUT2D eigenvalue weighted by Gasteiger charge is -2.20. The van der Waals surface area contributed by atoms with Crippen molar-refractivity contribution in [2.45, 2.75) is 25.6 Å². The van der Waals surface area contributed by atoms with Crippen molar-refractivity contribution < 1.29 is 22.8 Å². The molecule has 0 unspecified atom stereocenters. The minimum absolute atomic E-state index is 0.396. The number of likely N-dealkylation sites (N-methyl/N-ethyl adjacent to an activating group) is 1. The van der Waals surface area contributed by atoms with E-state index in [4.69, 9.17) is 5.73 Å². The molecule has 0 spiro atoms. The van der Waals surface area contributed by atoms with Gasteiger partial charge in [-0.05, 0) is 6.42 Å². The highest BCUT2D eigenvalue weighted by atomic mass is 19.4. The van der Waals surface area contributed by atoms with E-state index >= 15 is 0 Å². The zero-order valence-corrected chi connectivity index (χ0v) is 9.67. The van der Waals surface area contributed by atoms with Gasteiger partial charge in [0, 0.05) is 7.05 Å². The van der Waals surface area contributed by atoms with Crippen molar-refractivity contribution in [3.05, 3.63) is 0 Å². The van der Waals surface area contributed by atoms with E-state index in [1.54, 1.807) is 12.2 Å². The summed E-state index contributed by atoms with van der Waals surface area (Å²) >= 11 is 0. The van der Waals surface area contributed by atoms with Gasteiger partial charge in [-0.2, -0.15) is 13.2 Å². The van der Waals surface area contributed by atoms with Gasteiger partial charge in [0.05, 0.1) is 12.6 Å². The Morgan fingerprint density at radius 3 is 2.35 bits per heavy atom. The molecule has 0 saturated carbocycles. The second-order valence-electron chi connectivity index (χ2n) is 3.60. The molecule has 0 aromatic rings. The van der Waals surface area contributed by atoms with Gasteiger partial charge in [-0.15, -0.1) is 0 Å². The SMILES string of the molecule is CC[C@@H](N)C(=O)N(C)CC(=O)NCC(F)(F)F. The first-order chi connectivity index (χ1) is 7.67. The normalized spacial score (nSPS) is 13.1. The molecule has 1 atom stereocenters. The monoisotopic (exact) mass is 255 g/mol. The Kier molecular flexibility index (Phi) is 5.94. The molecule has 100 valence electrons. The van der Waals surface area contributed by atoms with Gasteiger partial charge in [0.15, 0.2) is 0 Å². The van der Waals surface area contributed by atoms with Crippen LogP contribution in [-0.4, -0.2) is 49.1 Å². The minimum atomic E-state index is -4.46. The van der Waals surface area contributed by atoms with E-state index in [1.807, 2.05) is 0 Å². The van der Waals surface area contributed by atoms with Crippen molar-refractivity contribution in [2.75, 3.05) is 20.1 Å². The number of alkyl halides is 3. The van der Waals surface area contributed by atoms with Crippen LogP contribution in [0.3, 0.4) is 0 Å². The third-order valence-electron chi connectivity index (χ3n) is 2.00. The van der Waals surface area contributed by atoms with E-state index in [0.29, 0.717) is 6.42 Å². The molecular formula is C9H16F3N3O2. The first-order valence-electron chi connectivity index (χ1n) is 5.01. The minimum Gasteiger partial charge on any atom is -0.345 e. The molecule has 0 rings (SSSR count). The fourth-order valence-corrected chi connectivity index (χ4v) is 1.01. The molecular weight excluding hydrogens is 239 g/mol. The van der Waals surface area contributed by atoms with E-state index in [1.165, 1.54) is 7.05 Å². The third kappa shape index (κ3) is 6.77. The highest BCUT2D eigenvalue weighted by molar-refractivity contribution is 5.87. The lowest BCUT2D eigenvalue weighted by Crippen LogP contribution is -2.46. The van der Waals surface area contributed by atoms with Gasteiger partial charge in [-0.25, -0.2) is 0 Å². The number of carbonyl (C=O) groups is 2. The van der Waals surface area contributed by atoms with Crippen LogP contribution in [0.1, 0.15) is 13.3 Å². The molecule has 0 aliphatic heterocycles. The Morgan fingerprint density at radius 2 is 1.94 bits per heavy atom. The molecule has 0 aromatic carbocycles. The zero-order valence-electron chi connectivity index (χ0n) is 9.67. The van der Waals surface area contributed by atoms with Crippen molar-refractivity contribution in [3.63, 3.8) is 0 Å². The average Bonchev–Trinajstić information content (AvgIpc) is 2.23. The number of carbonyl (C=O) groups excluding carboxylic acids is 2. The number of nitrogens with two attached hydrogens (primary N) is 1. The Bertz CT molecular complexity index is 281. The van der Waals surface area contributed by atoms with E-state index in [2.05, 4.69) is 0 Å². The topological polar surface area (TPSA) is 75.4 Å². The van der Waals surface area contributed by atoms with E-state index in [0.717, 1.165) is 4.90 Å². The molecule has 0 bridgehead atoms. The summed E-state index contributed by atoms with van der Waals surface area (Å²) in [5.41, 5.74) is 5.43. The van der Waals surface area contributed by atoms with Crippen LogP contribution < -0.4 is 11.1 Å². The molecule has 0 aliphatic rings. The quantitative estimate of drug-likeness (QED) is 0.718. The average molecular weight is 255 g/mol. The molecule has 3 N–H and O–H groups in total. The van der Waals surface area contributed by atoms with E-state index in [9.17, 15) is 22.8 Å². The number of halogens is 3. The molecule has 0 radical (unpaired) electrons. The van der Waals surface area contributed by atoms with E-state index < -0.39 is 37.1 Å². The van der Waals surface area contributed by atoms with Crippen LogP contribution in [0, 0.1) is 0 Å². The molecule has 0 saturated heterocycles. The predicted molar refractivity (Wildman–Crippen MR) is 55.0 cm³/mol. The number of nitrogens with one attached hydrogen (secondary N) is 1. The van der Waals surface area contributed by atoms with Crippen LogP contribution in [0.15, 0.2) is 0 Å². The number of nitrogens with zero attached hydrogens (tertiary/aromatic N) is 1. The Balaban J connectivity index is 4.08. The summed E-state index contributed by atoms with van der Waals surface area (Å²) in [6.07, 6.45) is -4.06. The summed E-state index contributed by atoms with van der Waals surface area (Å²) in [7, 11) is 1.31. The molecule has 0 fully saturated rings. The fraction of sp³-hybridized carbons (Fsp3) is 0.778. The third-order valence-corrected chi connectivity index (χ3v) is 2.00. The predicted octanol–water partition coefficient (Wildman–Crippen LogP) is -0.139.